The molecule has 0 aliphatic carbocycles. The van der Waals surface area contributed by atoms with Gasteiger partial charge in [0.1, 0.15) is 5.75 Å². The van der Waals surface area contributed by atoms with Crippen molar-refractivity contribution in [2.24, 2.45) is 0 Å². The molecule has 32 heavy (non-hydrogen) atoms. The van der Waals surface area contributed by atoms with Gasteiger partial charge in [0.2, 0.25) is 12.7 Å². The van der Waals surface area contributed by atoms with Gasteiger partial charge in [0.05, 0.1) is 12.1 Å². The van der Waals surface area contributed by atoms with Crippen molar-refractivity contribution in [1.82, 2.24) is 14.7 Å². The summed E-state index contributed by atoms with van der Waals surface area (Å²) in [5.41, 5.74) is 3.28. The molecule has 2 aromatic heterocycles. The van der Waals surface area contributed by atoms with Crippen molar-refractivity contribution in [3.63, 3.8) is 0 Å². The molecule has 4 rings (SSSR count). The Hall–Kier alpha value is -3.78. The molecular weight excluding hydrogens is 413 g/mol. The third-order valence-electron chi connectivity index (χ3n) is 4.96. The first-order valence-corrected chi connectivity index (χ1v) is 10.2. The molecule has 0 radical (unpaired) electrons. The molecule has 0 aliphatic rings. The first-order chi connectivity index (χ1) is 15.7. The maximum Gasteiger partial charge on any atom is 0.259 e. The number of aryl methyl sites for hydroxylation is 1. The smallest absolute Gasteiger partial charge is 0.259 e. The van der Waals surface area contributed by atoms with Gasteiger partial charge in [0.15, 0.2) is 0 Å². The summed E-state index contributed by atoms with van der Waals surface area (Å²) in [6.45, 7) is -0.349. The van der Waals surface area contributed by atoms with E-state index in [2.05, 4.69) is 10.1 Å². The van der Waals surface area contributed by atoms with Gasteiger partial charge in [0, 0.05) is 24.4 Å². The predicted molar refractivity (Wildman–Crippen MR) is 117 cm³/mol. The highest BCUT2D eigenvalue weighted by molar-refractivity contribution is 5.59. The monoisotopic (exact) mass is 435 g/mol. The fourth-order valence-corrected chi connectivity index (χ4v) is 3.37. The highest BCUT2D eigenvalue weighted by Gasteiger charge is 2.12. The summed E-state index contributed by atoms with van der Waals surface area (Å²) < 4.78 is 24.1. The molecule has 0 bridgehead atoms. The van der Waals surface area contributed by atoms with Crippen LogP contribution in [0.3, 0.4) is 0 Å². The van der Waals surface area contributed by atoms with Crippen molar-refractivity contribution >= 4 is 0 Å². The van der Waals surface area contributed by atoms with Crippen LogP contribution in [-0.4, -0.2) is 33.3 Å². The summed E-state index contributed by atoms with van der Waals surface area (Å²) in [4.78, 5) is 16.8. The summed E-state index contributed by atoms with van der Waals surface area (Å²) in [7, 11) is 0. The van der Waals surface area contributed by atoms with E-state index in [-0.39, 0.29) is 18.1 Å². The Labute approximate surface area is 183 Å². The van der Waals surface area contributed by atoms with E-state index < -0.39 is 6.86 Å². The summed E-state index contributed by atoms with van der Waals surface area (Å²) in [6.07, 6.45) is 3.17. The molecule has 0 aliphatic heterocycles. The lowest BCUT2D eigenvalue weighted by molar-refractivity contribution is 0.192. The average Bonchev–Trinajstić information content (AvgIpc) is 3.30. The first kappa shape index (κ1) is 21.5. The van der Waals surface area contributed by atoms with Crippen LogP contribution in [-0.2, 0) is 13.0 Å². The zero-order valence-corrected chi connectivity index (χ0v) is 17.3. The molecule has 8 heteroatoms. The van der Waals surface area contributed by atoms with E-state index in [1.807, 2.05) is 24.3 Å². The van der Waals surface area contributed by atoms with Crippen LogP contribution in [0.1, 0.15) is 17.5 Å². The summed E-state index contributed by atoms with van der Waals surface area (Å²) >= 11 is 0. The van der Waals surface area contributed by atoms with E-state index >= 15 is 0 Å². The van der Waals surface area contributed by atoms with E-state index in [0.29, 0.717) is 35.7 Å². The predicted octanol–water partition coefficient (Wildman–Crippen LogP) is 3.84. The average molecular weight is 435 g/mol. The van der Waals surface area contributed by atoms with Crippen LogP contribution >= 0.6 is 0 Å². The van der Waals surface area contributed by atoms with Crippen molar-refractivity contribution in [3.8, 4) is 28.6 Å². The minimum Gasteiger partial charge on any atom is -0.463 e. The third kappa shape index (κ3) is 5.09. The van der Waals surface area contributed by atoms with Crippen molar-refractivity contribution in [2.75, 3.05) is 13.5 Å². The van der Waals surface area contributed by atoms with Crippen LogP contribution in [0.25, 0.3) is 22.8 Å². The molecule has 0 fully saturated rings. The normalized spacial score (nSPS) is 10.9. The molecule has 2 heterocycles. The number of aromatic nitrogens is 3. The van der Waals surface area contributed by atoms with E-state index in [0.717, 1.165) is 17.5 Å². The van der Waals surface area contributed by atoms with Gasteiger partial charge in [-0.15, -0.1) is 0 Å². The number of hydrogen-bond acceptors (Lipinski definition) is 6. The van der Waals surface area contributed by atoms with Gasteiger partial charge in [-0.25, -0.2) is 4.39 Å². The van der Waals surface area contributed by atoms with Crippen LogP contribution in [0.2, 0.25) is 0 Å². The molecule has 2 aromatic carbocycles. The van der Waals surface area contributed by atoms with Gasteiger partial charge in [-0.2, -0.15) is 4.98 Å². The van der Waals surface area contributed by atoms with E-state index in [4.69, 9.17) is 14.4 Å². The number of pyridine rings is 1. The molecule has 0 amide bonds. The zero-order chi connectivity index (χ0) is 22.3. The quantitative estimate of drug-likeness (QED) is 0.430. The zero-order valence-electron chi connectivity index (χ0n) is 17.3. The van der Waals surface area contributed by atoms with Crippen LogP contribution in [0.4, 0.5) is 4.39 Å². The second-order valence-corrected chi connectivity index (χ2v) is 7.23. The van der Waals surface area contributed by atoms with Crippen molar-refractivity contribution in [3.05, 3.63) is 88.3 Å². The Bertz CT molecular complexity index is 1230. The molecule has 1 N–H and O–H groups in total. The number of aliphatic hydroxyl groups is 1. The number of halogens is 1. The Morgan fingerprint density at radius 2 is 1.81 bits per heavy atom. The molecule has 0 saturated carbocycles. The van der Waals surface area contributed by atoms with Gasteiger partial charge >= 0.3 is 0 Å². The number of hydrogen-bond donors (Lipinski definition) is 1. The minimum atomic E-state index is -0.894. The number of rotatable bonds is 9. The second kappa shape index (κ2) is 10.0. The van der Waals surface area contributed by atoms with Crippen LogP contribution in [0.5, 0.6) is 5.75 Å². The topological polar surface area (TPSA) is 90.4 Å². The molecule has 4 aromatic rings. The van der Waals surface area contributed by atoms with Crippen molar-refractivity contribution in [2.45, 2.75) is 19.4 Å². The molecule has 0 atom stereocenters. The number of benzene rings is 2. The second-order valence-electron chi connectivity index (χ2n) is 7.23. The molecule has 164 valence electrons. The standard InChI is InChI=1S/C24H22FN3O4/c25-16-31-21-9-6-19(7-10-21)23-26-24(32-27-23)20-8-11-22(30)28(15-20)14-18-4-1-3-17(13-18)5-2-12-29/h1,3-4,6-11,13,15,29H,2,5,12,14,16H2. The van der Waals surface area contributed by atoms with Gasteiger partial charge in [-0.05, 0) is 54.3 Å². The van der Waals surface area contributed by atoms with Crippen LogP contribution in [0.15, 0.2) is 76.2 Å². The Morgan fingerprint density at radius 3 is 2.59 bits per heavy atom. The Kier molecular flexibility index (Phi) is 6.72. The summed E-state index contributed by atoms with van der Waals surface area (Å²) in [5.74, 6) is 1.07. The van der Waals surface area contributed by atoms with Crippen molar-refractivity contribution in [1.29, 1.82) is 0 Å². The third-order valence-corrected chi connectivity index (χ3v) is 4.96. The van der Waals surface area contributed by atoms with Crippen LogP contribution < -0.4 is 10.3 Å². The SMILES string of the molecule is O=c1ccc(-c2nc(-c3ccc(OCF)cc3)no2)cn1Cc1cccc(CCCO)c1. The highest BCUT2D eigenvalue weighted by Crippen LogP contribution is 2.23. The van der Waals surface area contributed by atoms with Gasteiger partial charge in [-0.1, -0.05) is 29.4 Å². The first-order valence-electron chi connectivity index (χ1n) is 10.2. The number of nitrogens with zero attached hydrogens (tertiary/aromatic N) is 3. The Morgan fingerprint density at radius 1 is 1.03 bits per heavy atom. The van der Waals surface area contributed by atoms with Gasteiger partial charge in [0.25, 0.3) is 11.4 Å². The molecule has 0 spiro atoms. The lowest BCUT2D eigenvalue weighted by Crippen LogP contribution is -2.19. The van der Waals surface area contributed by atoms with E-state index in [9.17, 15) is 9.18 Å². The van der Waals surface area contributed by atoms with Gasteiger partial charge < -0.3 is 18.9 Å². The molecule has 0 saturated heterocycles. The maximum absolute atomic E-state index is 12.4. The van der Waals surface area contributed by atoms with Crippen molar-refractivity contribution < 1.29 is 18.8 Å². The van der Waals surface area contributed by atoms with Gasteiger partial charge in [-0.3, -0.25) is 4.79 Å². The number of ether oxygens (including phenoxy) is 1. The largest absolute Gasteiger partial charge is 0.463 e. The fraction of sp³-hybridized carbons (Fsp3) is 0.208. The summed E-state index contributed by atoms with van der Waals surface area (Å²) in [5, 5.41) is 13.0. The minimum absolute atomic E-state index is 0.141. The lowest BCUT2D eigenvalue weighted by Gasteiger charge is -2.08. The number of aliphatic hydroxyl groups excluding tert-OH is 1. The molecular formula is C24H22FN3O4. The maximum atomic E-state index is 12.4. The van der Waals surface area contributed by atoms with E-state index in [1.165, 1.54) is 6.07 Å². The number of alkyl halides is 1. The fourth-order valence-electron chi connectivity index (χ4n) is 3.37. The molecule has 0 unspecified atom stereocenters. The molecule has 7 nitrogen and oxygen atoms in total. The van der Waals surface area contributed by atoms with Crippen LogP contribution in [0, 0.1) is 0 Å². The highest BCUT2D eigenvalue weighted by atomic mass is 19.1. The summed E-state index contributed by atoms with van der Waals surface area (Å²) in [6, 6.07) is 17.7. The lowest BCUT2D eigenvalue weighted by atomic mass is 10.1. The Balaban J connectivity index is 1.55. The van der Waals surface area contributed by atoms with E-state index in [1.54, 1.807) is 41.1 Å².